The summed E-state index contributed by atoms with van der Waals surface area (Å²) in [6.45, 7) is 10.2. The Labute approximate surface area is 156 Å². The van der Waals surface area contributed by atoms with Crippen LogP contribution in [-0.2, 0) is 6.54 Å². The third-order valence-corrected chi connectivity index (χ3v) is 5.80. The molecule has 0 aromatic heterocycles. The van der Waals surface area contributed by atoms with Gasteiger partial charge in [-0.2, -0.15) is 0 Å². The Morgan fingerprint density at radius 2 is 2.04 bits per heavy atom. The number of nitrogens with zero attached hydrogens (tertiary/aromatic N) is 2. The van der Waals surface area contributed by atoms with Crippen LogP contribution in [0.3, 0.4) is 0 Å². The molecule has 140 valence electrons. The first-order chi connectivity index (χ1) is 12.0. The molecule has 0 bridgehead atoms. The van der Waals surface area contributed by atoms with E-state index in [1.807, 2.05) is 12.1 Å². The highest BCUT2D eigenvalue weighted by Gasteiger charge is 2.32. The predicted molar refractivity (Wildman–Crippen MR) is 102 cm³/mol. The fraction of sp³-hybridized carbons (Fsp3) is 0.700. The second-order valence-electron chi connectivity index (χ2n) is 7.97. The second kappa shape index (κ2) is 8.15. The highest BCUT2D eigenvalue weighted by molar-refractivity contribution is 6.32. The van der Waals surface area contributed by atoms with Crippen molar-refractivity contribution in [1.82, 2.24) is 9.80 Å². The largest absolute Gasteiger partial charge is 0.503 e. The van der Waals surface area contributed by atoms with E-state index in [2.05, 4.69) is 23.6 Å². The van der Waals surface area contributed by atoms with E-state index in [1.54, 1.807) is 7.11 Å². The van der Waals surface area contributed by atoms with Gasteiger partial charge in [0.05, 0.1) is 12.1 Å². The van der Waals surface area contributed by atoms with Crippen molar-refractivity contribution in [3.05, 3.63) is 22.7 Å². The van der Waals surface area contributed by atoms with Gasteiger partial charge in [-0.3, -0.25) is 9.80 Å². The first kappa shape index (κ1) is 18.8. The van der Waals surface area contributed by atoms with Crippen LogP contribution in [0, 0.1) is 11.8 Å². The molecule has 1 aromatic rings. The summed E-state index contributed by atoms with van der Waals surface area (Å²) in [5.74, 6) is 2.07. The molecule has 0 spiro atoms. The maximum Gasteiger partial charge on any atom is 0.176 e. The number of phenols is 1. The molecule has 1 saturated carbocycles. The van der Waals surface area contributed by atoms with Crippen LogP contribution in [-0.4, -0.2) is 54.2 Å². The number of phenolic OH excluding ortho intramolecular Hbond substituents is 1. The Kier molecular flexibility index (Phi) is 6.13. The quantitative estimate of drug-likeness (QED) is 0.825. The van der Waals surface area contributed by atoms with Gasteiger partial charge in [-0.15, -0.1) is 0 Å². The van der Waals surface area contributed by atoms with Gasteiger partial charge in [0.25, 0.3) is 0 Å². The van der Waals surface area contributed by atoms with E-state index < -0.39 is 0 Å². The number of aromatic hydroxyl groups is 1. The van der Waals surface area contributed by atoms with Gasteiger partial charge in [-0.1, -0.05) is 25.4 Å². The third kappa shape index (κ3) is 4.81. The van der Waals surface area contributed by atoms with Crippen LogP contribution >= 0.6 is 11.6 Å². The molecule has 1 N–H and O–H groups in total. The molecule has 3 rings (SSSR count). The summed E-state index contributed by atoms with van der Waals surface area (Å²) in [4.78, 5) is 5.26. The normalized spacial score (nSPS) is 23.0. The number of rotatable bonds is 6. The third-order valence-electron chi connectivity index (χ3n) is 5.51. The maximum absolute atomic E-state index is 9.93. The van der Waals surface area contributed by atoms with Crippen LogP contribution in [0.25, 0.3) is 0 Å². The smallest absolute Gasteiger partial charge is 0.176 e. The van der Waals surface area contributed by atoms with Crippen LogP contribution in [0.4, 0.5) is 0 Å². The highest BCUT2D eigenvalue weighted by atomic mass is 35.5. The monoisotopic (exact) mass is 366 g/mol. The molecule has 1 saturated heterocycles. The fourth-order valence-electron chi connectivity index (χ4n) is 3.90. The van der Waals surface area contributed by atoms with Crippen molar-refractivity contribution in [2.24, 2.45) is 11.8 Å². The van der Waals surface area contributed by atoms with Crippen molar-refractivity contribution >= 4 is 11.6 Å². The van der Waals surface area contributed by atoms with Gasteiger partial charge in [-0.25, -0.2) is 0 Å². The van der Waals surface area contributed by atoms with Crippen molar-refractivity contribution in [2.45, 2.75) is 45.7 Å². The molecule has 5 heteroatoms. The van der Waals surface area contributed by atoms with Gasteiger partial charge in [0.15, 0.2) is 11.5 Å². The minimum absolute atomic E-state index is 0.0273. The summed E-state index contributed by atoms with van der Waals surface area (Å²) < 4.78 is 5.25. The summed E-state index contributed by atoms with van der Waals surface area (Å²) in [6, 6.07) is 4.37. The first-order valence-electron chi connectivity index (χ1n) is 9.49. The lowest BCUT2D eigenvalue weighted by Gasteiger charge is -2.34. The van der Waals surface area contributed by atoms with Crippen molar-refractivity contribution in [3.63, 3.8) is 0 Å². The Hall–Kier alpha value is -0.970. The van der Waals surface area contributed by atoms with E-state index in [4.69, 9.17) is 16.3 Å². The molecule has 2 aliphatic rings. The van der Waals surface area contributed by atoms with Crippen molar-refractivity contribution in [1.29, 1.82) is 0 Å². The Morgan fingerprint density at radius 1 is 1.28 bits per heavy atom. The Balaban J connectivity index is 1.70. The molecule has 0 radical (unpaired) electrons. The molecule has 4 nitrogen and oxygen atoms in total. The average molecular weight is 367 g/mol. The van der Waals surface area contributed by atoms with Crippen molar-refractivity contribution in [3.8, 4) is 11.5 Å². The number of halogens is 1. The minimum atomic E-state index is 0.0273. The van der Waals surface area contributed by atoms with E-state index >= 15 is 0 Å². The molecule has 1 aromatic carbocycles. The molecule has 25 heavy (non-hydrogen) atoms. The maximum atomic E-state index is 9.93. The van der Waals surface area contributed by atoms with E-state index in [0.29, 0.717) is 22.7 Å². The molecule has 0 unspecified atom stereocenters. The summed E-state index contributed by atoms with van der Waals surface area (Å²) in [5.41, 5.74) is 1.10. The van der Waals surface area contributed by atoms with Crippen LogP contribution in [0.1, 0.15) is 38.7 Å². The minimum Gasteiger partial charge on any atom is -0.503 e. The molecule has 1 aliphatic heterocycles. The Bertz CT molecular complexity index is 589. The Morgan fingerprint density at radius 3 is 2.68 bits per heavy atom. The fourth-order valence-corrected chi connectivity index (χ4v) is 4.13. The van der Waals surface area contributed by atoms with Gasteiger partial charge < -0.3 is 9.84 Å². The van der Waals surface area contributed by atoms with Gasteiger partial charge in [0, 0.05) is 25.7 Å². The first-order valence-corrected chi connectivity index (χ1v) is 9.87. The second-order valence-corrected chi connectivity index (χ2v) is 8.37. The van der Waals surface area contributed by atoms with Crippen molar-refractivity contribution in [2.75, 3.05) is 33.3 Å². The summed E-state index contributed by atoms with van der Waals surface area (Å²) in [5, 5.41) is 10.3. The number of hydrogen-bond donors (Lipinski definition) is 1. The zero-order valence-corrected chi connectivity index (χ0v) is 16.4. The van der Waals surface area contributed by atoms with E-state index in [0.717, 1.165) is 31.1 Å². The van der Waals surface area contributed by atoms with E-state index in [1.165, 1.54) is 32.4 Å². The van der Waals surface area contributed by atoms with Gasteiger partial charge in [0.1, 0.15) is 0 Å². The number of benzene rings is 1. The van der Waals surface area contributed by atoms with Gasteiger partial charge in [-0.05, 0) is 61.9 Å². The zero-order valence-electron chi connectivity index (χ0n) is 15.7. The summed E-state index contributed by atoms with van der Waals surface area (Å²) >= 11 is 6.16. The van der Waals surface area contributed by atoms with Crippen LogP contribution in [0.15, 0.2) is 12.1 Å². The summed E-state index contributed by atoms with van der Waals surface area (Å²) in [7, 11) is 1.56. The molecule has 1 heterocycles. The van der Waals surface area contributed by atoms with Gasteiger partial charge in [0.2, 0.25) is 0 Å². The highest BCUT2D eigenvalue weighted by Crippen LogP contribution is 2.36. The van der Waals surface area contributed by atoms with E-state index in [9.17, 15) is 5.11 Å². The lowest BCUT2D eigenvalue weighted by Crippen LogP contribution is -2.45. The molecule has 1 atom stereocenters. The molecular formula is C20H31ClN2O2. The van der Waals surface area contributed by atoms with Crippen LogP contribution in [0.5, 0.6) is 11.5 Å². The molecular weight excluding hydrogens is 336 g/mol. The van der Waals surface area contributed by atoms with Gasteiger partial charge >= 0.3 is 0 Å². The standard InChI is InChI=1S/C20H31ClN2O2/c1-14(2)18-13-22(7-4-8-23(18)12-15-5-6-15)11-16-9-17(21)20(24)19(10-16)25-3/h9-10,14-15,18,24H,4-8,11-13H2,1-3H3/t18-/m1/s1. The SMILES string of the molecule is COc1cc(CN2CCCN(CC3CC3)[C@@H](C(C)C)C2)cc(Cl)c1O. The molecule has 0 amide bonds. The van der Waals surface area contributed by atoms with Crippen LogP contribution in [0.2, 0.25) is 5.02 Å². The lowest BCUT2D eigenvalue weighted by molar-refractivity contribution is 0.132. The number of ether oxygens (including phenoxy) is 1. The average Bonchev–Trinajstić information content (AvgIpc) is 3.39. The number of hydrogen-bond acceptors (Lipinski definition) is 4. The van der Waals surface area contributed by atoms with E-state index in [-0.39, 0.29) is 5.75 Å². The van der Waals surface area contributed by atoms with Crippen molar-refractivity contribution < 1.29 is 9.84 Å². The summed E-state index contributed by atoms with van der Waals surface area (Å²) in [6.07, 6.45) is 4.03. The molecule has 2 fully saturated rings. The number of methoxy groups -OCH3 is 1. The zero-order chi connectivity index (χ0) is 18.0. The predicted octanol–water partition coefficient (Wildman–Crippen LogP) is 4.00. The lowest BCUT2D eigenvalue weighted by atomic mass is 10.0. The van der Waals surface area contributed by atoms with Crippen LogP contribution < -0.4 is 4.74 Å². The molecule has 1 aliphatic carbocycles. The topological polar surface area (TPSA) is 35.9 Å².